The van der Waals surface area contributed by atoms with Crippen LogP contribution >= 0.6 is 0 Å². The normalized spacial score (nSPS) is 14.0. The van der Waals surface area contributed by atoms with Crippen LogP contribution in [0.3, 0.4) is 0 Å². The summed E-state index contributed by atoms with van der Waals surface area (Å²) in [6, 6.07) is 0. The quantitative estimate of drug-likeness (QED) is 0.300. The number of carboxylic acid groups (broad SMARTS) is 1. The minimum atomic E-state index is -0.907. The Balaban J connectivity index is 1.90. The molecule has 0 saturated carbocycles. The second-order valence-electron chi connectivity index (χ2n) is 7.73. The van der Waals surface area contributed by atoms with Crippen LogP contribution in [0.2, 0.25) is 0 Å². The number of carboxylic acids is 1. The number of allylic oxidation sites excluding steroid dienone is 9. The third-order valence-corrected chi connectivity index (χ3v) is 5.04. The van der Waals surface area contributed by atoms with Gasteiger partial charge >= 0.3 is 5.97 Å². The highest BCUT2D eigenvalue weighted by atomic mass is 16.5. The summed E-state index contributed by atoms with van der Waals surface area (Å²) in [4.78, 5) is 21.8. The number of hydrogen-bond acceptors (Lipinski definition) is 6. The van der Waals surface area contributed by atoms with E-state index in [4.69, 9.17) is 9.84 Å². The van der Waals surface area contributed by atoms with Crippen LogP contribution in [0, 0.1) is 6.92 Å². The third-order valence-electron chi connectivity index (χ3n) is 5.04. The Bertz CT molecular complexity index is 1050. The molecule has 0 atom stereocenters. The van der Waals surface area contributed by atoms with E-state index < -0.39 is 5.97 Å². The highest BCUT2D eigenvalue weighted by molar-refractivity contribution is 5.71. The molecule has 0 fully saturated rings. The number of carbonyl (C=O) groups is 1. The van der Waals surface area contributed by atoms with Gasteiger partial charge in [-0.2, -0.15) is 0 Å². The van der Waals surface area contributed by atoms with E-state index in [1.807, 2.05) is 63.4 Å². The highest BCUT2D eigenvalue weighted by Gasteiger charge is 2.13. The van der Waals surface area contributed by atoms with Crippen LogP contribution in [-0.2, 0) is 9.53 Å². The van der Waals surface area contributed by atoms with E-state index in [1.54, 1.807) is 11.0 Å². The molecule has 0 amide bonds. The van der Waals surface area contributed by atoms with Crippen molar-refractivity contribution in [1.29, 1.82) is 0 Å². The summed E-state index contributed by atoms with van der Waals surface area (Å²) in [6.07, 6.45) is 18.1. The Morgan fingerprint density at radius 3 is 2.79 bits per heavy atom. The second kappa shape index (κ2) is 13.6. The molecule has 1 aliphatic carbocycles. The first-order chi connectivity index (χ1) is 16.4. The predicted octanol–water partition coefficient (Wildman–Crippen LogP) is 5.40. The van der Waals surface area contributed by atoms with Gasteiger partial charge in [-0.25, -0.2) is 9.97 Å². The fraction of sp³-hybridized carbons (Fsp3) is 0.296. The number of rotatable bonds is 13. The van der Waals surface area contributed by atoms with E-state index in [9.17, 15) is 4.79 Å². The topological polar surface area (TPSA) is 87.6 Å². The molecule has 7 nitrogen and oxygen atoms in total. The van der Waals surface area contributed by atoms with E-state index >= 15 is 0 Å². The number of aliphatic carboxylic acids is 1. The Hall–Kier alpha value is -3.87. The molecule has 1 heterocycles. The Kier molecular flexibility index (Phi) is 10.6. The average molecular weight is 463 g/mol. The van der Waals surface area contributed by atoms with E-state index in [-0.39, 0.29) is 6.54 Å². The number of aromatic nitrogens is 2. The van der Waals surface area contributed by atoms with E-state index in [1.165, 1.54) is 6.20 Å². The van der Waals surface area contributed by atoms with Gasteiger partial charge in [0, 0.05) is 29.6 Å². The summed E-state index contributed by atoms with van der Waals surface area (Å²) < 4.78 is 5.93. The summed E-state index contributed by atoms with van der Waals surface area (Å²) in [6.45, 7) is 14.5. The molecule has 34 heavy (non-hydrogen) atoms. The van der Waals surface area contributed by atoms with Gasteiger partial charge in [0.25, 0.3) is 0 Å². The van der Waals surface area contributed by atoms with Gasteiger partial charge in [0.1, 0.15) is 18.1 Å². The molecule has 0 spiro atoms. The fourth-order valence-corrected chi connectivity index (χ4v) is 3.31. The van der Waals surface area contributed by atoms with Crippen LogP contribution in [0.4, 0.5) is 5.82 Å². The molecule has 2 rings (SSSR count). The van der Waals surface area contributed by atoms with Crippen LogP contribution in [0.5, 0.6) is 0 Å². The van der Waals surface area contributed by atoms with Gasteiger partial charge in [0.05, 0.1) is 6.61 Å². The van der Waals surface area contributed by atoms with Crippen LogP contribution in [0.15, 0.2) is 85.1 Å². The van der Waals surface area contributed by atoms with Crippen molar-refractivity contribution < 1.29 is 14.6 Å². The zero-order valence-corrected chi connectivity index (χ0v) is 20.3. The van der Waals surface area contributed by atoms with Gasteiger partial charge in [-0.15, -0.1) is 0 Å². The van der Waals surface area contributed by atoms with Crippen molar-refractivity contribution in [3.63, 3.8) is 0 Å². The van der Waals surface area contributed by atoms with Crippen molar-refractivity contribution in [3.8, 4) is 0 Å². The molecule has 7 heteroatoms. The Morgan fingerprint density at radius 1 is 1.32 bits per heavy atom. The number of aryl methyl sites for hydroxylation is 1. The minimum Gasteiger partial charge on any atom is -0.494 e. The summed E-state index contributed by atoms with van der Waals surface area (Å²) in [5, 5.41) is 12.5. The molecule has 0 saturated heterocycles. The van der Waals surface area contributed by atoms with Crippen LogP contribution < -0.4 is 5.32 Å². The minimum absolute atomic E-state index is 0.133. The molecular formula is C27H34N4O3. The summed E-state index contributed by atoms with van der Waals surface area (Å²) in [7, 11) is 0. The number of nitrogens with one attached hydrogen (secondary N) is 1. The molecule has 0 aromatic carbocycles. The lowest BCUT2D eigenvalue weighted by Gasteiger charge is -2.20. The Labute approximate surface area is 202 Å². The molecule has 1 aromatic heterocycles. The zero-order valence-electron chi connectivity index (χ0n) is 20.3. The number of hydrogen-bond donors (Lipinski definition) is 2. The summed E-state index contributed by atoms with van der Waals surface area (Å²) >= 11 is 0. The van der Waals surface area contributed by atoms with E-state index in [0.29, 0.717) is 25.4 Å². The first-order valence-corrected chi connectivity index (χ1v) is 11.2. The summed E-state index contributed by atoms with van der Waals surface area (Å²) in [5.41, 5.74) is 3.75. The molecule has 0 unspecified atom stereocenters. The van der Waals surface area contributed by atoms with Crippen molar-refractivity contribution >= 4 is 17.4 Å². The maximum atomic E-state index is 11.1. The smallest absolute Gasteiger partial charge is 0.323 e. The second-order valence-corrected chi connectivity index (χ2v) is 7.73. The van der Waals surface area contributed by atoms with Crippen molar-refractivity contribution in [2.24, 2.45) is 0 Å². The molecule has 0 bridgehead atoms. The van der Waals surface area contributed by atoms with Gasteiger partial charge in [0.2, 0.25) is 0 Å². The van der Waals surface area contributed by atoms with E-state index in [2.05, 4.69) is 28.4 Å². The average Bonchev–Trinajstić information content (AvgIpc) is 2.99. The predicted molar refractivity (Wildman–Crippen MR) is 138 cm³/mol. The lowest BCUT2D eigenvalue weighted by Crippen LogP contribution is -2.24. The van der Waals surface area contributed by atoms with Crippen molar-refractivity contribution in [1.82, 2.24) is 14.9 Å². The standard InChI is InChI=1S/C27H34N4O3/c1-6-10-22(11-7-2)27-29-18-21(5)26(30-27)28-16-9-17-34-23-13-12-20(4)24(15-14-23)31(8-3)19-25(32)33/h6-8,10-11,13-15,18H,1,3,9,12,16-17,19H2,2,4-5H3,(H,32,33)(H,28,29,30)/b11-7-,22-10+. The molecule has 0 radical (unpaired) electrons. The van der Waals surface area contributed by atoms with Gasteiger partial charge in [-0.3, -0.25) is 4.79 Å². The molecule has 0 aliphatic heterocycles. The SMILES string of the molecule is C=C/C=C(\C=C/C)c1ncc(C)c(NCCCOC2=CCC(C)=C(N(C=C)CC(=O)O)C=C2)n1. The maximum absolute atomic E-state index is 11.1. The monoisotopic (exact) mass is 462 g/mol. The molecule has 180 valence electrons. The van der Waals surface area contributed by atoms with Gasteiger partial charge in [-0.1, -0.05) is 37.5 Å². The Morgan fingerprint density at radius 2 is 2.12 bits per heavy atom. The fourth-order valence-electron chi connectivity index (χ4n) is 3.31. The molecular weight excluding hydrogens is 428 g/mol. The van der Waals surface area contributed by atoms with Crippen molar-refractivity contribution in [3.05, 3.63) is 96.5 Å². The van der Waals surface area contributed by atoms with Crippen LogP contribution in [0.1, 0.15) is 38.1 Å². The number of nitrogens with zero attached hydrogens (tertiary/aromatic N) is 3. The largest absolute Gasteiger partial charge is 0.494 e. The first kappa shape index (κ1) is 26.4. The maximum Gasteiger partial charge on any atom is 0.323 e. The van der Waals surface area contributed by atoms with Gasteiger partial charge in [-0.05, 0) is 63.6 Å². The molecule has 1 aromatic rings. The molecule has 2 N–H and O–H groups in total. The van der Waals surface area contributed by atoms with E-state index in [0.717, 1.165) is 40.4 Å². The molecule has 1 aliphatic rings. The first-order valence-electron chi connectivity index (χ1n) is 11.2. The number of anilines is 1. The number of ether oxygens (including phenoxy) is 1. The third kappa shape index (κ3) is 7.92. The van der Waals surface area contributed by atoms with Crippen LogP contribution in [-0.4, -0.2) is 45.6 Å². The van der Waals surface area contributed by atoms with Crippen molar-refractivity contribution in [2.75, 3.05) is 25.0 Å². The van der Waals surface area contributed by atoms with Crippen LogP contribution in [0.25, 0.3) is 5.57 Å². The zero-order chi connectivity index (χ0) is 24.9. The lowest BCUT2D eigenvalue weighted by atomic mass is 10.1. The van der Waals surface area contributed by atoms with Crippen molar-refractivity contribution in [2.45, 2.75) is 33.6 Å². The lowest BCUT2D eigenvalue weighted by molar-refractivity contribution is -0.137. The van der Waals surface area contributed by atoms with Gasteiger partial charge in [0.15, 0.2) is 5.82 Å². The summed E-state index contributed by atoms with van der Waals surface area (Å²) in [5.74, 6) is 1.30. The highest BCUT2D eigenvalue weighted by Crippen LogP contribution is 2.22. The van der Waals surface area contributed by atoms with Gasteiger partial charge < -0.3 is 20.1 Å².